The number of fused-ring (bicyclic) bond motifs is 1. The number of aliphatic carboxylic acids is 1. The minimum absolute atomic E-state index is 0.0592. The molecular formula is C35H45N9O12S2. The van der Waals surface area contributed by atoms with Crippen LogP contribution in [-0.4, -0.2) is 113 Å². The standard InChI is InChI=1S/C34H43N9O10S2.CH2O2/c1-33(2)28(30(45)43(33)53-55(48,49)50)40-29(44)27(23-18-54-32(36)39-23)41-52-34(3,31(46)47)25-9-6-21-13-20(5-8-24(21)51-25)22-7-10-26(38-12-4-11-35)42(17-22)16-19-14-37-15-19;2-1-3/h5,7-8,10,13,17-19,25,28,37H,4,6,9,11-12,14-16,35H2,1-3H3,(H5,36,39,40,44,46,47,48,49,50);1H,(H,2,3)/b41-27-;/t25-,28-,34?;/m1./s1. The lowest BCUT2D eigenvalue weighted by Gasteiger charge is -2.51. The van der Waals surface area contributed by atoms with Crippen LogP contribution >= 0.6 is 11.3 Å². The van der Waals surface area contributed by atoms with E-state index in [4.69, 9.17) is 30.9 Å². The van der Waals surface area contributed by atoms with Crippen LogP contribution in [0.3, 0.4) is 0 Å². The number of ether oxygens (including phenoxy) is 1. The number of carbonyl (C=O) groups is 4. The maximum Gasteiger partial charge on any atom is 0.354 e. The minimum atomic E-state index is -5.28. The zero-order chi connectivity index (χ0) is 42.4. The third-order valence-corrected chi connectivity index (χ3v) is 10.8. The third-order valence-electron chi connectivity index (χ3n) is 9.84. The molecule has 3 aliphatic rings. The molecule has 1 aromatic carbocycles. The van der Waals surface area contributed by atoms with Crippen LogP contribution in [0.15, 0.2) is 47.1 Å². The molecule has 2 saturated heterocycles. The molecule has 314 valence electrons. The Morgan fingerprint density at radius 1 is 1.28 bits per heavy atom. The predicted octanol–water partition coefficient (Wildman–Crippen LogP) is -0.184. The van der Waals surface area contributed by atoms with Crippen molar-refractivity contribution in [2.75, 3.05) is 37.2 Å². The molecule has 0 spiro atoms. The number of benzene rings is 1. The van der Waals surface area contributed by atoms with E-state index in [1.807, 2.05) is 18.2 Å². The van der Waals surface area contributed by atoms with E-state index < -0.39 is 57.2 Å². The van der Waals surface area contributed by atoms with Gasteiger partial charge in [0.25, 0.3) is 29.7 Å². The van der Waals surface area contributed by atoms with Gasteiger partial charge in [-0.25, -0.2) is 22.8 Å². The summed E-state index contributed by atoms with van der Waals surface area (Å²) in [5, 5.41) is 32.2. The lowest BCUT2D eigenvalue weighted by Crippen LogP contribution is -2.76. The summed E-state index contributed by atoms with van der Waals surface area (Å²) in [5.41, 5.74) is 10.1. The van der Waals surface area contributed by atoms with Crippen molar-refractivity contribution in [1.82, 2.24) is 20.7 Å². The van der Waals surface area contributed by atoms with Gasteiger partial charge in [0.1, 0.15) is 17.5 Å². The molecule has 0 saturated carbocycles. The molecule has 0 radical (unpaired) electrons. The molecule has 3 atom stereocenters. The van der Waals surface area contributed by atoms with Crippen molar-refractivity contribution in [3.05, 3.63) is 53.2 Å². The molecule has 58 heavy (non-hydrogen) atoms. The number of nitrogen functional groups attached to an aromatic ring is 1. The van der Waals surface area contributed by atoms with Crippen LogP contribution < -0.4 is 36.7 Å². The van der Waals surface area contributed by atoms with Gasteiger partial charge >= 0.3 is 5.97 Å². The van der Waals surface area contributed by atoms with Gasteiger partial charge in [0, 0.05) is 36.0 Å². The fourth-order valence-electron chi connectivity index (χ4n) is 6.45. The Bertz CT molecular complexity index is 2160. The first kappa shape index (κ1) is 43.7. The van der Waals surface area contributed by atoms with Gasteiger partial charge in [-0.05, 0) is 75.9 Å². The van der Waals surface area contributed by atoms with Crippen LogP contribution in [0.5, 0.6) is 5.75 Å². The molecular weight excluding hydrogens is 803 g/mol. The number of carboxylic acids is 1. The fraction of sp³-hybridized carbons (Fsp3) is 0.457. The van der Waals surface area contributed by atoms with Crippen molar-refractivity contribution < 1.29 is 60.8 Å². The maximum atomic E-state index is 13.5. The van der Waals surface area contributed by atoms with Crippen LogP contribution in [0.4, 0.5) is 10.9 Å². The number of oxime groups is 1. The van der Waals surface area contributed by atoms with Gasteiger partial charge in [-0.2, -0.15) is 9.35 Å². The van der Waals surface area contributed by atoms with E-state index in [1.165, 1.54) is 26.2 Å². The largest absolute Gasteiger partial charge is 0.724 e. The minimum Gasteiger partial charge on any atom is -0.724 e. The summed E-state index contributed by atoms with van der Waals surface area (Å²) in [6.07, 6.45) is 2.59. The Morgan fingerprint density at radius 2 is 1.98 bits per heavy atom. The number of nitrogens with two attached hydrogens (primary N) is 2. The van der Waals surface area contributed by atoms with Crippen LogP contribution in [0, 0.1) is 5.92 Å². The van der Waals surface area contributed by atoms with Gasteiger partial charge in [-0.15, -0.1) is 11.3 Å². The average Bonchev–Trinajstić information content (AvgIpc) is 3.59. The summed E-state index contributed by atoms with van der Waals surface area (Å²) in [6.45, 7) is 7.87. The van der Waals surface area contributed by atoms with Gasteiger partial charge in [0.05, 0.1) is 24.8 Å². The summed E-state index contributed by atoms with van der Waals surface area (Å²) in [7, 11) is -5.28. The number of hydrogen-bond acceptors (Lipinski definition) is 17. The smallest absolute Gasteiger partial charge is 0.354 e. The quantitative estimate of drug-likeness (QED) is 0.0144. The molecule has 3 aromatic rings. The molecule has 6 rings (SSSR count). The van der Waals surface area contributed by atoms with E-state index >= 15 is 0 Å². The van der Waals surface area contributed by atoms with Gasteiger partial charge in [-0.3, -0.25) is 19.7 Å². The number of thiazole rings is 1. The third kappa shape index (κ3) is 9.79. The number of nitrogens with zero attached hydrogens (tertiary/aromatic N) is 4. The van der Waals surface area contributed by atoms with E-state index in [0.717, 1.165) is 66.4 Å². The topological polar surface area (TPSA) is 314 Å². The Hall–Kier alpha value is -5.46. The van der Waals surface area contributed by atoms with Crippen LogP contribution in [0.2, 0.25) is 0 Å². The molecule has 0 bridgehead atoms. The summed E-state index contributed by atoms with van der Waals surface area (Å²) in [5.74, 6) is -1.47. The second kappa shape index (κ2) is 18.0. The van der Waals surface area contributed by atoms with Gasteiger partial charge in [-0.1, -0.05) is 11.2 Å². The predicted molar refractivity (Wildman–Crippen MR) is 206 cm³/mol. The number of aromatic nitrogens is 2. The van der Waals surface area contributed by atoms with Crippen LogP contribution in [-0.2, 0) is 51.7 Å². The van der Waals surface area contributed by atoms with Gasteiger partial charge in [0.15, 0.2) is 16.9 Å². The maximum absolute atomic E-state index is 13.5. The van der Waals surface area contributed by atoms with Crippen LogP contribution in [0.25, 0.3) is 11.1 Å². The molecule has 9 N–H and O–H groups in total. The van der Waals surface area contributed by atoms with E-state index in [-0.39, 0.29) is 23.7 Å². The Labute approximate surface area is 337 Å². The molecule has 2 fully saturated rings. The highest BCUT2D eigenvalue weighted by atomic mass is 32.3. The number of carboxylic acid groups (broad SMARTS) is 2. The molecule has 21 nitrogen and oxygen atoms in total. The first-order valence-corrected chi connectivity index (χ1v) is 20.2. The highest BCUT2D eigenvalue weighted by molar-refractivity contribution is 7.80. The summed E-state index contributed by atoms with van der Waals surface area (Å²) in [6, 6.07) is 8.46. The van der Waals surface area contributed by atoms with Crippen LogP contribution in [0.1, 0.15) is 44.9 Å². The number of hydrogen-bond donors (Lipinski definition) is 7. The average molecular weight is 848 g/mol. The highest BCUT2D eigenvalue weighted by Gasteiger charge is 2.57. The molecule has 2 amide bonds. The zero-order valence-corrected chi connectivity index (χ0v) is 33.4. The lowest BCUT2D eigenvalue weighted by molar-refractivity contribution is -0.690. The summed E-state index contributed by atoms with van der Waals surface area (Å²) >= 11 is 0.968. The summed E-state index contributed by atoms with van der Waals surface area (Å²) < 4.78 is 46.0. The molecule has 1 unspecified atom stereocenters. The molecule has 23 heteroatoms. The van der Waals surface area contributed by atoms with Crippen molar-refractivity contribution in [3.8, 4) is 16.9 Å². The number of aryl methyl sites for hydroxylation is 1. The van der Waals surface area contributed by atoms with Crippen molar-refractivity contribution >= 4 is 62.7 Å². The number of amides is 2. The Kier molecular flexibility index (Phi) is 13.5. The van der Waals surface area contributed by atoms with E-state index in [1.54, 1.807) is 6.07 Å². The fourth-order valence-corrected chi connectivity index (χ4v) is 7.45. The molecule has 0 aliphatic carbocycles. The van der Waals surface area contributed by atoms with Gasteiger partial charge < -0.3 is 46.4 Å². The Balaban J connectivity index is 0.00000207. The van der Waals surface area contributed by atoms with Crippen molar-refractivity contribution in [2.45, 2.75) is 69.9 Å². The van der Waals surface area contributed by atoms with Gasteiger partial charge in [0.2, 0.25) is 10.4 Å². The lowest BCUT2D eigenvalue weighted by atomic mass is 9.84. The monoisotopic (exact) mass is 847 g/mol. The number of β-lactam (4-membered cyclic amide) rings is 1. The normalized spacial score (nSPS) is 19.8. The number of rotatable bonds is 16. The van der Waals surface area contributed by atoms with Crippen molar-refractivity contribution in [1.29, 1.82) is 0 Å². The van der Waals surface area contributed by atoms with Crippen molar-refractivity contribution in [3.63, 3.8) is 0 Å². The zero-order valence-electron chi connectivity index (χ0n) is 31.7. The number of nitrogens with one attached hydrogen (secondary N) is 3. The first-order chi connectivity index (χ1) is 27.4. The highest BCUT2D eigenvalue weighted by Crippen LogP contribution is 2.37. The van der Waals surface area contributed by atoms with Crippen molar-refractivity contribution in [2.24, 2.45) is 16.8 Å². The number of carbonyl (C=O) groups excluding carboxylic acids is 2. The van der Waals surface area contributed by atoms with E-state index in [9.17, 15) is 32.5 Å². The first-order valence-electron chi connectivity index (χ1n) is 18.0. The summed E-state index contributed by atoms with van der Waals surface area (Å²) in [4.78, 5) is 57.1. The second-order valence-corrected chi connectivity index (χ2v) is 16.2. The number of anilines is 2. The second-order valence-electron chi connectivity index (χ2n) is 14.3. The molecule has 2 aromatic heterocycles. The van der Waals surface area contributed by atoms with E-state index in [2.05, 4.69) is 47.2 Å². The molecule has 3 aliphatic heterocycles. The molecule has 5 heterocycles. The Morgan fingerprint density at radius 3 is 2.57 bits per heavy atom. The SMILES string of the molecule is CC(O/N=C(\C(=O)N[C@@H]1C(=O)N(OS(=O)(=O)[O-])C1(C)C)c1csc(N)n1)(C(=O)O)[C@H]1CCc2cc(-c3ccc(NCCCN)[n+](CC4CNC4)c3)ccc2O1.O=CO. The number of pyridine rings is 1. The van der Waals surface area contributed by atoms with E-state index in [0.29, 0.717) is 29.7 Å². The number of hydroxylamine groups is 2.